The lowest BCUT2D eigenvalue weighted by Crippen LogP contribution is -2.23. The van der Waals surface area contributed by atoms with Gasteiger partial charge in [-0.25, -0.2) is 0 Å². The largest absolute Gasteiger partial charge is 0.417 e. The fraction of sp³-hybridized carbons (Fsp3) is 0.500. The molecule has 1 aromatic rings. The van der Waals surface area contributed by atoms with E-state index in [0.717, 1.165) is 12.1 Å². The van der Waals surface area contributed by atoms with E-state index in [1.54, 1.807) is 0 Å². The lowest BCUT2D eigenvalue weighted by atomic mass is 9.93. The van der Waals surface area contributed by atoms with E-state index >= 15 is 0 Å². The Balaban J connectivity index is 2.60. The second-order valence-electron chi connectivity index (χ2n) is 4.63. The summed E-state index contributed by atoms with van der Waals surface area (Å²) in [5, 5.41) is 0. The number of hydrogen-bond donors (Lipinski definition) is 1. The van der Waals surface area contributed by atoms with Gasteiger partial charge in [0.25, 0.3) is 0 Å². The highest BCUT2D eigenvalue weighted by Gasteiger charge is 2.46. The zero-order chi connectivity index (χ0) is 14.4. The minimum atomic E-state index is -5.08. The van der Waals surface area contributed by atoms with Gasteiger partial charge in [-0.1, -0.05) is 12.1 Å². The van der Waals surface area contributed by atoms with Gasteiger partial charge in [-0.15, -0.1) is 0 Å². The SMILES string of the molecule is NC(c1cccc(C(F)(F)F)c1C(F)(F)F)C1CC1. The van der Waals surface area contributed by atoms with Gasteiger partial charge < -0.3 is 5.73 Å². The number of benzene rings is 1. The Morgan fingerprint density at radius 2 is 1.58 bits per heavy atom. The van der Waals surface area contributed by atoms with Crippen LogP contribution in [0.5, 0.6) is 0 Å². The molecule has 2 N–H and O–H groups in total. The Hall–Kier alpha value is -1.24. The number of nitrogens with two attached hydrogens (primary N) is 1. The predicted molar refractivity (Wildman–Crippen MR) is 56.1 cm³/mol. The van der Waals surface area contributed by atoms with Crippen LogP contribution in [-0.4, -0.2) is 0 Å². The average Bonchev–Trinajstić information content (AvgIpc) is 3.08. The van der Waals surface area contributed by atoms with Crippen molar-refractivity contribution in [2.24, 2.45) is 11.7 Å². The molecule has 0 heterocycles. The van der Waals surface area contributed by atoms with Gasteiger partial charge in [-0.3, -0.25) is 0 Å². The number of hydrogen-bond acceptors (Lipinski definition) is 1. The molecule has 7 heteroatoms. The molecule has 1 aromatic carbocycles. The molecule has 106 valence electrons. The number of alkyl halides is 6. The summed E-state index contributed by atoms with van der Waals surface area (Å²) in [4.78, 5) is 0. The smallest absolute Gasteiger partial charge is 0.324 e. The molecule has 1 aliphatic rings. The number of halogens is 6. The van der Waals surface area contributed by atoms with Crippen LogP contribution in [-0.2, 0) is 12.4 Å². The highest BCUT2D eigenvalue weighted by molar-refractivity contribution is 5.41. The first-order chi connectivity index (χ1) is 8.62. The summed E-state index contributed by atoms with van der Waals surface area (Å²) in [6.07, 6.45) is -8.83. The lowest BCUT2D eigenvalue weighted by Gasteiger charge is -2.22. The molecule has 1 unspecified atom stereocenters. The van der Waals surface area contributed by atoms with Crippen LogP contribution in [0.15, 0.2) is 18.2 Å². The van der Waals surface area contributed by atoms with Crippen LogP contribution in [0.4, 0.5) is 26.3 Å². The summed E-state index contributed by atoms with van der Waals surface area (Å²) in [6, 6.07) is 1.43. The van der Waals surface area contributed by atoms with Crippen LogP contribution in [0.25, 0.3) is 0 Å². The maximum Gasteiger partial charge on any atom is 0.417 e. The van der Waals surface area contributed by atoms with Crippen LogP contribution >= 0.6 is 0 Å². The molecule has 1 saturated carbocycles. The topological polar surface area (TPSA) is 26.0 Å². The van der Waals surface area contributed by atoms with Crippen molar-refractivity contribution in [2.75, 3.05) is 0 Å². The molecule has 1 aliphatic carbocycles. The van der Waals surface area contributed by atoms with Crippen molar-refractivity contribution in [3.63, 3.8) is 0 Å². The van der Waals surface area contributed by atoms with E-state index in [9.17, 15) is 26.3 Å². The van der Waals surface area contributed by atoms with Crippen molar-refractivity contribution in [3.05, 3.63) is 34.9 Å². The number of rotatable bonds is 2. The molecule has 0 radical (unpaired) electrons. The van der Waals surface area contributed by atoms with Crippen molar-refractivity contribution >= 4 is 0 Å². The van der Waals surface area contributed by atoms with Gasteiger partial charge in [0, 0.05) is 6.04 Å². The first kappa shape index (κ1) is 14.2. The average molecular weight is 283 g/mol. The molecule has 0 aliphatic heterocycles. The second-order valence-corrected chi connectivity index (χ2v) is 4.63. The molecular formula is C12H11F6N. The molecule has 0 amide bonds. The van der Waals surface area contributed by atoms with Gasteiger partial charge in [-0.05, 0) is 30.4 Å². The molecule has 0 bridgehead atoms. The Bertz CT molecular complexity index is 472. The van der Waals surface area contributed by atoms with E-state index in [0.29, 0.717) is 18.9 Å². The van der Waals surface area contributed by atoms with Crippen LogP contribution in [0.3, 0.4) is 0 Å². The van der Waals surface area contributed by atoms with Crippen molar-refractivity contribution < 1.29 is 26.3 Å². The van der Waals surface area contributed by atoms with Gasteiger partial charge in [0.05, 0.1) is 11.1 Å². The molecule has 0 aromatic heterocycles. The summed E-state index contributed by atoms with van der Waals surface area (Å²) in [7, 11) is 0. The van der Waals surface area contributed by atoms with Crippen molar-refractivity contribution in [1.29, 1.82) is 0 Å². The molecule has 2 rings (SSSR count). The molecule has 1 nitrogen and oxygen atoms in total. The fourth-order valence-corrected chi connectivity index (χ4v) is 2.11. The molecule has 19 heavy (non-hydrogen) atoms. The highest BCUT2D eigenvalue weighted by atomic mass is 19.4. The lowest BCUT2D eigenvalue weighted by molar-refractivity contribution is -0.162. The maximum absolute atomic E-state index is 12.9. The van der Waals surface area contributed by atoms with E-state index < -0.39 is 35.1 Å². The van der Waals surface area contributed by atoms with Gasteiger partial charge in [0.15, 0.2) is 0 Å². The summed E-state index contributed by atoms with van der Waals surface area (Å²) in [5.41, 5.74) is 1.85. The van der Waals surface area contributed by atoms with Crippen LogP contribution < -0.4 is 5.73 Å². The van der Waals surface area contributed by atoms with E-state index in [1.165, 1.54) is 0 Å². The van der Waals surface area contributed by atoms with Gasteiger partial charge in [-0.2, -0.15) is 26.3 Å². The zero-order valence-corrected chi connectivity index (χ0v) is 9.65. The monoisotopic (exact) mass is 283 g/mol. The van der Waals surface area contributed by atoms with Crippen LogP contribution in [0.2, 0.25) is 0 Å². The third-order valence-corrected chi connectivity index (χ3v) is 3.17. The molecule has 1 fully saturated rings. The second kappa shape index (κ2) is 4.40. The first-order valence-corrected chi connectivity index (χ1v) is 5.65. The fourth-order valence-electron chi connectivity index (χ4n) is 2.11. The summed E-state index contributed by atoms with van der Waals surface area (Å²) in [6.45, 7) is 0. The molecular weight excluding hydrogens is 272 g/mol. The molecule has 0 spiro atoms. The Morgan fingerprint density at radius 3 is 2.00 bits per heavy atom. The van der Waals surface area contributed by atoms with Crippen LogP contribution in [0, 0.1) is 5.92 Å². The van der Waals surface area contributed by atoms with Crippen LogP contribution in [0.1, 0.15) is 35.6 Å². The minimum absolute atomic E-state index is 0.162. The zero-order valence-electron chi connectivity index (χ0n) is 9.65. The maximum atomic E-state index is 12.9. The standard InChI is InChI=1S/C12H11F6N/c13-11(14,15)8-3-1-2-7(9(8)12(16,17)18)10(19)6-4-5-6/h1-3,6,10H,4-5,19H2. The van der Waals surface area contributed by atoms with Gasteiger partial charge in [0.1, 0.15) is 0 Å². The predicted octanol–water partition coefficient (Wildman–Crippen LogP) is 4.13. The summed E-state index contributed by atoms with van der Waals surface area (Å²) < 4.78 is 76.9. The van der Waals surface area contributed by atoms with Crippen molar-refractivity contribution in [2.45, 2.75) is 31.2 Å². The van der Waals surface area contributed by atoms with Crippen molar-refractivity contribution in [3.8, 4) is 0 Å². The van der Waals surface area contributed by atoms with E-state index in [1.807, 2.05) is 0 Å². The Labute approximate surface area is 105 Å². The highest BCUT2D eigenvalue weighted by Crippen LogP contribution is 2.47. The molecule has 1 atom stereocenters. The summed E-state index contributed by atoms with van der Waals surface area (Å²) in [5.74, 6) is -0.162. The van der Waals surface area contributed by atoms with E-state index in [2.05, 4.69) is 0 Å². The third kappa shape index (κ3) is 2.86. The quantitative estimate of drug-likeness (QED) is 0.811. The Kier molecular flexibility index (Phi) is 3.28. The third-order valence-electron chi connectivity index (χ3n) is 3.17. The Morgan fingerprint density at radius 1 is 1.00 bits per heavy atom. The van der Waals surface area contributed by atoms with Gasteiger partial charge in [0.2, 0.25) is 0 Å². The first-order valence-electron chi connectivity index (χ1n) is 5.65. The minimum Gasteiger partial charge on any atom is -0.324 e. The summed E-state index contributed by atoms with van der Waals surface area (Å²) >= 11 is 0. The van der Waals surface area contributed by atoms with E-state index in [4.69, 9.17) is 5.73 Å². The molecule has 0 saturated heterocycles. The van der Waals surface area contributed by atoms with Crippen molar-refractivity contribution in [1.82, 2.24) is 0 Å². The normalized spacial score (nSPS) is 18.5. The van der Waals surface area contributed by atoms with E-state index in [-0.39, 0.29) is 5.92 Å². The van der Waals surface area contributed by atoms with Gasteiger partial charge >= 0.3 is 12.4 Å².